The summed E-state index contributed by atoms with van der Waals surface area (Å²) in [5, 5.41) is 14.9. The van der Waals surface area contributed by atoms with Crippen LogP contribution in [0.25, 0.3) is 0 Å². The number of carbonyl (C=O) groups excluding carboxylic acids is 2. The number of carboxylic acids is 1. The van der Waals surface area contributed by atoms with E-state index in [1.54, 1.807) is 18.5 Å². The predicted molar refractivity (Wildman–Crippen MR) is 139 cm³/mol. The van der Waals surface area contributed by atoms with Crippen molar-refractivity contribution < 1.29 is 41.8 Å². The zero-order chi connectivity index (χ0) is 29.5. The molecule has 0 spiro atoms. The van der Waals surface area contributed by atoms with Crippen LogP contribution >= 0.6 is 11.3 Å². The van der Waals surface area contributed by atoms with Gasteiger partial charge in [0.2, 0.25) is 0 Å². The number of likely N-dealkylation sites (tertiary alicyclic amines) is 1. The molecule has 0 radical (unpaired) electrons. The van der Waals surface area contributed by atoms with Crippen molar-refractivity contribution in [1.82, 2.24) is 15.2 Å². The number of aromatic carboxylic acids is 1. The third kappa shape index (κ3) is 5.43. The number of anilines is 1. The van der Waals surface area contributed by atoms with Crippen molar-refractivity contribution in [2.75, 3.05) is 44.2 Å². The number of rotatable bonds is 7. The highest BCUT2D eigenvalue weighted by atomic mass is 32.1. The number of aromatic nitrogens is 1. The summed E-state index contributed by atoms with van der Waals surface area (Å²) < 4.78 is 61.2. The van der Waals surface area contributed by atoms with Crippen LogP contribution in [0.5, 0.6) is 0 Å². The highest BCUT2D eigenvalue weighted by Gasteiger charge is 2.57. The number of alkyl halides is 4. The number of aliphatic imine (C=N–C) groups is 1. The molecule has 2 aromatic rings. The standard InChI is InChI=1S/C26H25F4N5O5S/c1-2-40-23(38)17-10-32-20(21-31-6-8-41-21)33-19(17)13-34-7-5-25(27)14(11-34)12-35(24(25)39)15-3-4-18(26(28,29)30)16(9-15)22(36)37/h3-4,6,8-9,14H,2,5,7,10-13H2,1H3,(H,32,33)(H,36,37). The number of amidine groups is 1. The normalized spacial score (nSPS) is 23.2. The van der Waals surface area contributed by atoms with E-state index in [4.69, 9.17) is 4.74 Å². The number of thiazole rings is 1. The number of esters is 1. The smallest absolute Gasteiger partial charge is 0.417 e. The van der Waals surface area contributed by atoms with Crippen LogP contribution in [0.15, 0.2) is 46.0 Å². The highest BCUT2D eigenvalue weighted by molar-refractivity contribution is 7.11. The van der Waals surface area contributed by atoms with E-state index in [1.807, 2.05) is 4.90 Å². The van der Waals surface area contributed by atoms with E-state index in [2.05, 4.69) is 15.3 Å². The minimum Gasteiger partial charge on any atom is -0.478 e. The molecule has 2 unspecified atom stereocenters. The van der Waals surface area contributed by atoms with Crippen LogP contribution in [-0.2, 0) is 20.5 Å². The molecule has 0 aliphatic carbocycles. The zero-order valence-electron chi connectivity index (χ0n) is 21.7. The molecule has 2 N–H and O–H groups in total. The molecule has 4 heterocycles. The summed E-state index contributed by atoms with van der Waals surface area (Å²) in [6.45, 7) is 2.22. The monoisotopic (exact) mass is 595 g/mol. The van der Waals surface area contributed by atoms with Gasteiger partial charge in [-0.1, -0.05) is 0 Å². The summed E-state index contributed by atoms with van der Waals surface area (Å²) >= 11 is 1.36. The van der Waals surface area contributed by atoms with Crippen LogP contribution in [0.4, 0.5) is 23.2 Å². The summed E-state index contributed by atoms with van der Waals surface area (Å²) in [6.07, 6.45) is -3.47. The van der Waals surface area contributed by atoms with E-state index in [9.17, 15) is 32.7 Å². The van der Waals surface area contributed by atoms with Crippen LogP contribution in [0.3, 0.4) is 0 Å². The Hall–Kier alpha value is -3.85. The fourth-order valence-electron chi connectivity index (χ4n) is 5.31. The van der Waals surface area contributed by atoms with Gasteiger partial charge in [0.25, 0.3) is 5.91 Å². The van der Waals surface area contributed by atoms with Crippen molar-refractivity contribution in [3.63, 3.8) is 0 Å². The minimum absolute atomic E-state index is 0.0620. The van der Waals surface area contributed by atoms with E-state index >= 15 is 4.39 Å². The molecule has 3 aliphatic heterocycles. The maximum Gasteiger partial charge on any atom is 0.417 e. The van der Waals surface area contributed by atoms with E-state index < -0.39 is 46.7 Å². The Kier molecular flexibility index (Phi) is 7.59. The molecule has 1 amide bonds. The first-order valence-corrected chi connectivity index (χ1v) is 13.6. The van der Waals surface area contributed by atoms with Gasteiger partial charge < -0.3 is 20.1 Å². The molecule has 1 aromatic carbocycles. The van der Waals surface area contributed by atoms with Gasteiger partial charge in [-0.2, -0.15) is 13.2 Å². The quantitative estimate of drug-likeness (QED) is 0.370. The number of piperidine rings is 1. The molecule has 2 saturated heterocycles. The maximum atomic E-state index is 16.1. The Bertz CT molecular complexity index is 1440. The lowest BCUT2D eigenvalue weighted by molar-refractivity contribution is -0.139. The molecule has 5 rings (SSSR count). The lowest BCUT2D eigenvalue weighted by Crippen LogP contribution is -2.52. The Morgan fingerprint density at radius 2 is 2.07 bits per heavy atom. The predicted octanol–water partition coefficient (Wildman–Crippen LogP) is 3.10. The lowest BCUT2D eigenvalue weighted by atomic mass is 9.85. The molecule has 2 atom stereocenters. The van der Waals surface area contributed by atoms with Crippen LogP contribution in [0.2, 0.25) is 0 Å². The number of carbonyl (C=O) groups is 3. The molecule has 218 valence electrons. The average molecular weight is 596 g/mol. The molecular weight excluding hydrogens is 570 g/mol. The van der Waals surface area contributed by atoms with Crippen LogP contribution in [0, 0.1) is 5.92 Å². The van der Waals surface area contributed by atoms with Crippen molar-refractivity contribution in [2.24, 2.45) is 10.9 Å². The number of benzene rings is 1. The van der Waals surface area contributed by atoms with Gasteiger partial charge in [0.15, 0.2) is 16.5 Å². The maximum absolute atomic E-state index is 16.1. The zero-order valence-corrected chi connectivity index (χ0v) is 22.5. The summed E-state index contributed by atoms with van der Waals surface area (Å²) in [4.78, 5) is 48.9. The second-order valence-electron chi connectivity index (χ2n) is 9.80. The summed E-state index contributed by atoms with van der Waals surface area (Å²) in [7, 11) is 0. The minimum atomic E-state index is -4.91. The average Bonchev–Trinajstić information content (AvgIpc) is 3.55. The van der Waals surface area contributed by atoms with Crippen molar-refractivity contribution in [1.29, 1.82) is 0 Å². The first kappa shape index (κ1) is 28.7. The van der Waals surface area contributed by atoms with Crippen molar-refractivity contribution in [3.05, 3.63) is 57.2 Å². The molecule has 0 saturated carbocycles. The van der Waals surface area contributed by atoms with Gasteiger partial charge >= 0.3 is 18.1 Å². The first-order chi connectivity index (χ1) is 19.4. The number of nitrogens with zero attached hydrogens (tertiary/aromatic N) is 4. The number of ether oxygens (including phenoxy) is 1. The number of hydrogen-bond acceptors (Lipinski definition) is 9. The van der Waals surface area contributed by atoms with Crippen LogP contribution in [-0.4, -0.2) is 83.7 Å². The summed E-state index contributed by atoms with van der Waals surface area (Å²) in [5.41, 5.74) is -3.93. The number of amides is 1. The van der Waals surface area contributed by atoms with E-state index in [0.29, 0.717) is 28.2 Å². The lowest BCUT2D eigenvalue weighted by Gasteiger charge is -2.37. The number of fused-ring (bicyclic) bond motifs is 1. The van der Waals surface area contributed by atoms with Gasteiger partial charge in [0.05, 0.1) is 29.9 Å². The molecule has 0 bridgehead atoms. The fourth-order valence-corrected chi connectivity index (χ4v) is 5.91. The van der Waals surface area contributed by atoms with Gasteiger partial charge in [-0.05, 0) is 25.1 Å². The Morgan fingerprint density at radius 1 is 1.29 bits per heavy atom. The number of halogens is 4. The highest BCUT2D eigenvalue weighted by Crippen LogP contribution is 2.43. The van der Waals surface area contributed by atoms with Gasteiger partial charge in [-0.3, -0.25) is 14.7 Å². The molecule has 2 fully saturated rings. The van der Waals surface area contributed by atoms with Crippen molar-refractivity contribution >= 4 is 40.7 Å². The number of nitrogens with one attached hydrogen (secondary N) is 1. The second-order valence-corrected chi connectivity index (χ2v) is 10.7. The largest absolute Gasteiger partial charge is 0.478 e. The fraction of sp³-hybridized carbons (Fsp3) is 0.423. The SMILES string of the molecule is CCOC(=O)C1=C(CN2CCC3(F)C(=O)N(c4ccc(C(F)(F)F)c(C(=O)O)c4)CC3C2)NC(c2nccs2)=NC1. The van der Waals surface area contributed by atoms with Gasteiger partial charge in [0, 0.05) is 61.5 Å². The molecule has 3 aliphatic rings. The summed E-state index contributed by atoms with van der Waals surface area (Å²) in [5.74, 6) is -3.62. The molecule has 10 nitrogen and oxygen atoms in total. The summed E-state index contributed by atoms with van der Waals surface area (Å²) in [6, 6.07) is 2.32. The van der Waals surface area contributed by atoms with Crippen molar-refractivity contribution in [3.8, 4) is 0 Å². The van der Waals surface area contributed by atoms with Crippen LogP contribution < -0.4 is 10.2 Å². The number of carboxylic acid groups (broad SMARTS) is 1. The van der Waals surface area contributed by atoms with E-state index in [1.165, 1.54) is 11.3 Å². The Labute approximate surface area is 235 Å². The van der Waals surface area contributed by atoms with E-state index in [-0.39, 0.29) is 51.4 Å². The van der Waals surface area contributed by atoms with Crippen LogP contribution in [0.1, 0.15) is 34.3 Å². The van der Waals surface area contributed by atoms with Gasteiger partial charge in [-0.25, -0.2) is 19.0 Å². The number of hydrogen-bond donors (Lipinski definition) is 2. The van der Waals surface area contributed by atoms with Gasteiger partial charge in [0.1, 0.15) is 0 Å². The molecule has 41 heavy (non-hydrogen) atoms. The third-order valence-corrected chi connectivity index (χ3v) is 8.12. The molecule has 1 aromatic heterocycles. The Balaban J connectivity index is 1.36. The topological polar surface area (TPSA) is 124 Å². The van der Waals surface area contributed by atoms with Gasteiger partial charge in [-0.15, -0.1) is 11.3 Å². The Morgan fingerprint density at radius 3 is 2.73 bits per heavy atom. The second kappa shape index (κ2) is 10.9. The molecule has 15 heteroatoms. The third-order valence-electron chi connectivity index (χ3n) is 7.34. The molecular formula is C26H25F4N5O5S. The first-order valence-electron chi connectivity index (χ1n) is 12.7. The van der Waals surface area contributed by atoms with E-state index in [0.717, 1.165) is 17.0 Å². The van der Waals surface area contributed by atoms with Crippen molar-refractivity contribution in [2.45, 2.75) is 25.2 Å².